The minimum atomic E-state index is -4.49. The molecule has 0 saturated carbocycles. The van der Waals surface area contributed by atoms with E-state index in [1.165, 1.54) is 12.1 Å². The first kappa shape index (κ1) is 23.4. The van der Waals surface area contributed by atoms with Crippen molar-refractivity contribution in [3.8, 4) is 0 Å². The number of carbonyl (C=O) groups excluding carboxylic acids is 1. The Balaban J connectivity index is 2.09. The summed E-state index contributed by atoms with van der Waals surface area (Å²) in [4.78, 5) is 12.2. The van der Waals surface area contributed by atoms with Crippen LogP contribution >= 0.6 is 0 Å². The van der Waals surface area contributed by atoms with E-state index in [4.69, 9.17) is 0 Å². The van der Waals surface area contributed by atoms with Crippen LogP contribution in [0.2, 0.25) is 0 Å². The van der Waals surface area contributed by atoms with Crippen LogP contribution in [0, 0.1) is 0 Å². The third-order valence-corrected chi connectivity index (χ3v) is 5.29. The fourth-order valence-corrected chi connectivity index (χ4v) is 3.42. The predicted octanol–water partition coefficient (Wildman–Crippen LogP) is 3.75. The number of amides is 1. The maximum absolute atomic E-state index is 12.7. The summed E-state index contributed by atoms with van der Waals surface area (Å²) in [5, 5.41) is 3.62. The van der Waals surface area contributed by atoms with E-state index in [0.717, 1.165) is 34.5 Å². The van der Waals surface area contributed by atoms with Gasteiger partial charge in [0, 0.05) is 0 Å². The highest BCUT2D eigenvalue weighted by Crippen LogP contribution is 2.29. The minimum absolute atomic E-state index is 0.134. The summed E-state index contributed by atoms with van der Waals surface area (Å²) >= 11 is 0. The van der Waals surface area contributed by atoms with E-state index < -0.39 is 34.2 Å². The number of rotatable bonds is 7. The van der Waals surface area contributed by atoms with Crippen molar-refractivity contribution < 1.29 is 26.4 Å². The number of halogens is 3. The van der Waals surface area contributed by atoms with E-state index in [1.54, 1.807) is 24.3 Å². The molecule has 0 atom stereocenters. The molecule has 10 heteroatoms. The standard InChI is InChI=1S/C20H22F3N3O3S/c1-14(2)16-7-9-18(10-8-16)26(30(3,28)29)13-19(27)25-24-12-15-5-4-6-17(11-15)20(21,22)23/h4-12,14H,13H2,1-3H3,(H,25,27). The second-order valence-electron chi connectivity index (χ2n) is 6.93. The van der Waals surface area contributed by atoms with E-state index in [1.807, 2.05) is 13.8 Å². The van der Waals surface area contributed by atoms with E-state index in [-0.39, 0.29) is 11.5 Å². The lowest BCUT2D eigenvalue weighted by atomic mass is 10.0. The molecule has 0 fully saturated rings. The molecule has 2 rings (SSSR count). The Morgan fingerprint density at radius 1 is 1.17 bits per heavy atom. The Labute approximate surface area is 173 Å². The van der Waals surface area contributed by atoms with Gasteiger partial charge in [-0.25, -0.2) is 13.8 Å². The highest BCUT2D eigenvalue weighted by atomic mass is 32.2. The van der Waals surface area contributed by atoms with Gasteiger partial charge in [-0.3, -0.25) is 9.10 Å². The summed E-state index contributed by atoms with van der Waals surface area (Å²) in [7, 11) is -3.75. The van der Waals surface area contributed by atoms with E-state index >= 15 is 0 Å². The number of sulfonamides is 1. The molecule has 162 valence electrons. The normalized spacial score (nSPS) is 12.4. The van der Waals surface area contributed by atoms with E-state index in [9.17, 15) is 26.4 Å². The quantitative estimate of drug-likeness (QED) is 0.525. The van der Waals surface area contributed by atoms with Crippen molar-refractivity contribution in [2.24, 2.45) is 5.10 Å². The number of hydrogen-bond acceptors (Lipinski definition) is 4. The third kappa shape index (κ3) is 6.58. The molecule has 0 aliphatic carbocycles. The van der Waals surface area contributed by atoms with Crippen molar-refractivity contribution in [2.75, 3.05) is 17.1 Å². The van der Waals surface area contributed by atoms with Gasteiger partial charge in [0.05, 0.1) is 23.7 Å². The number of benzene rings is 2. The van der Waals surface area contributed by atoms with Crippen molar-refractivity contribution in [3.63, 3.8) is 0 Å². The molecule has 0 spiro atoms. The molecule has 0 aliphatic heterocycles. The molecule has 1 amide bonds. The Morgan fingerprint density at radius 2 is 1.80 bits per heavy atom. The second kappa shape index (κ2) is 9.29. The lowest BCUT2D eigenvalue weighted by Gasteiger charge is -2.21. The monoisotopic (exact) mass is 441 g/mol. The minimum Gasteiger partial charge on any atom is -0.271 e. The maximum Gasteiger partial charge on any atom is 0.416 e. The van der Waals surface area contributed by atoms with Crippen LogP contribution in [0.15, 0.2) is 53.6 Å². The van der Waals surface area contributed by atoms with Gasteiger partial charge in [-0.05, 0) is 41.3 Å². The van der Waals surface area contributed by atoms with Gasteiger partial charge in [0.1, 0.15) is 6.54 Å². The number of hydrogen-bond donors (Lipinski definition) is 1. The second-order valence-corrected chi connectivity index (χ2v) is 8.84. The smallest absolute Gasteiger partial charge is 0.271 e. The Morgan fingerprint density at radius 3 is 2.33 bits per heavy atom. The molecule has 30 heavy (non-hydrogen) atoms. The maximum atomic E-state index is 12.7. The highest BCUT2D eigenvalue weighted by molar-refractivity contribution is 7.92. The number of carbonyl (C=O) groups is 1. The number of nitrogens with zero attached hydrogens (tertiary/aromatic N) is 2. The summed E-state index contributed by atoms with van der Waals surface area (Å²) in [5.41, 5.74) is 2.76. The molecule has 0 heterocycles. The van der Waals surface area contributed by atoms with E-state index in [0.29, 0.717) is 5.69 Å². The summed E-state index contributed by atoms with van der Waals surface area (Å²) in [5.74, 6) is -0.476. The van der Waals surface area contributed by atoms with Crippen LogP contribution in [0.1, 0.15) is 36.5 Å². The van der Waals surface area contributed by atoms with Crippen LogP contribution in [-0.2, 0) is 21.0 Å². The topological polar surface area (TPSA) is 78.8 Å². The SMILES string of the molecule is CC(C)c1ccc(N(CC(=O)NN=Cc2cccc(C(F)(F)F)c2)S(C)(=O)=O)cc1. The fraction of sp³-hybridized carbons (Fsp3) is 0.300. The van der Waals surface area contributed by atoms with Gasteiger partial charge in [0.25, 0.3) is 5.91 Å². The zero-order valence-electron chi connectivity index (χ0n) is 16.6. The van der Waals surface area contributed by atoms with Crippen molar-refractivity contribution in [3.05, 3.63) is 65.2 Å². The number of hydrazone groups is 1. The highest BCUT2D eigenvalue weighted by Gasteiger charge is 2.30. The van der Waals surface area contributed by atoms with Crippen LogP contribution in [0.25, 0.3) is 0 Å². The first-order valence-electron chi connectivity index (χ1n) is 8.95. The van der Waals surface area contributed by atoms with Crippen LogP contribution in [0.5, 0.6) is 0 Å². The molecular weight excluding hydrogens is 419 g/mol. The molecule has 2 aromatic carbocycles. The Kier molecular flexibility index (Phi) is 7.25. The predicted molar refractivity (Wildman–Crippen MR) is 110 cm³/mol. The summed E-state index contributed by atoms with van der Waals surface area (Å²) in [6.07, 6.45) is -2.47. The van der Waals surface area contributed by atoms with Crippen molar-refractivity contribution in [1.29, 1.82) is 0 Å². The summed E-state index contributed by atoms with van der Waals surface area (Å²) in [6.45, 7) is 3.47. The van der Waals surface area contributed by atoms with Crippen LogP contribution in [0.3, 0.4) is 0 Å². The molecule has 0 bridgehead atoms. The number of anilines is 1. The first-order valence-corrected chi connectivity index (χ1v) is 10.8. The van der Waals surface area contributed by atoms with Gasteiger partial charge in [-0.1, -0.05) is 38.1 Å². The van der Waals surface area contributed by atoms with Gasteiger partial charge < -0.3 is 0 Å². The average Bonchev–Trinajstić information content (AvgIpc) is 2.65. The van der Waals surface area contributed by atoms with Gasteiger partial charge >= 0.3 is 6.18 Å². The average molecular weight is 441 g/mol. The summed E-state index contributed by atoms with van der Waals surface area (Å²) < 4.78 is 63.3. The molecule has 0 aliphatic rings. The zero-order valence-corrected chi connectivity index (χ0v) is 17.5. The number of nitrogens with one attached hydrogen (secondary N) is 1. The van der Waals surface area contributed by atoms with Crippen molar-refractivity contribution >= 4 is 27.8 Å². The van der Waals surface area contributed by atoms with Gasteiger partial charge in [0.15, 0.2) is 0 Å². The molecule has 0 radical (unpaired) electrons. The Bertz CT molecular complexity index is 1020. The van der Waals surface area contributed by atoms with E-state index in [2.05, 4.69) is 10.5 Å². The van der Waals surface area contributed by atoms with Crippen molar-refractivity contribution in [1.82, 2.24) is 5.43 Å². The van der Waals surface area contributed by atoms with Crippen LogP contribution < -0.4 is 9.73 Å². The lowest BCUT2D eigenvalue weighted by molar-refractivity contribution is -0.137. The first-order chi connectivity index (χ1) is 13.9. The third-order valence-electron chi connectivity index (χ3n) is 4.15. The zero-order chi connectivity index (χ0) is 22.5. The Hall–Kier alpha value is -2.88. The number of alkyl halides is 3. The van der Waals surface area contributed by atoms with Crippen LogP contribution in [-0.4, -0.2) is 33.3 Å². The van der Waals surface area contributed by atoms with Gasteiger partial charge in [0.2, 0.25) is 10.0 Å². The van der Waals surface area contributed by atoms with Crippen LogP contribution in [0.4, 0.5) is 18.9 Å². The largest absolute Gasteiger partial charge is 0.416 e. The molecule has 6 nitrogen and oxygen atoms in total. The summed E-state index contributed by atoms with van der Waals surface area (Å²) in [6, 6.07) is 11.2. The van der Waals surface area contributed by atoms with Crippen molar-refractivity contribution in [2.45, 2.75) is 25.9 Å². The van der Waals surface area contributed by atoms with Gasteiger partial charge in [-0.15, -0.1) is 0 Å². The molecule has 0 unspecified atom stereocenters. The molecular formula is C20H22F3N3O3S. The molecule has 0 saturated heterocycles. The van der Waals surface area contributed by atoms with Gasteiger partial charge in [-0.2, -0.15) is 18.3 Å². The lowest BCUT2D eigenvalue weighted by Crippen LogP contribution is -2.39. The molecule has 0 aromatic heterocycles. The molecule has 1 N–H and O–H groups in total. The fourth-order valence-electron chi connectivity index (χ4n) is 2.57. The molecule has 2 aromatic rings.